The molecule has 0 saturated carbocycles. The van der Waals surface area contributed by atoms with E-state index in [0.29, 0.717) is 19.3 Å². The number of carbonyl (C=O) groups excluding carboxylic acids is 3. The molecule has 0 saturated heterocycles. The van der Waals surface area contributed by atoms with Crippen molar-refractivity contribution in [1.29, 1.82) is 0 Å². The van der Waals surface area contributed by atoms with E-state index < -0.39 is 6.10 Å². The molecule has 0 spiro atoms. The molecule has 6 nitrogen and oxygen atoms in total. The number of hydrogen-bond acceptors (Lipinski definition) is 6. The lowest BCUT2D eigenvalue weighted by atomic mass is 10.0. The maximum Gasteiger partial charge on any atom is 0.306 e. The second kappa shape index (κ2) is 49.5. The van der Waals surface area contributed by atoms with Gasteiger partial charge in [0.15, 0.2) is 6.10 Å². The molecular weight excluding hydrogens is 757 g/mol. The van der Waals surface area contributed by atoms with Crippen molar-refractivity contribution in [2.45, 2.75) is 245 Å². The summed E-state index contributed by atoms with van der Waals surface area (Å²) in [6.07, 6.45) is 61.9. The van der Waals surface area contributed by atoms with Gasteiger partial charge in [0.2, 0.25) is 0 Å². The van der Waals surface area contributed by atoms with Crippen LogP contribution in [0.2, 0.25) is 0 Å². The molecule has 0 amide bonds. The van der Waals surface area contributed by atoms with Gasteiger partial charge in [0.1, 0.15) is 13.2 Å². The van der Waals surface area contributed by atoms with Crippen LogP contribution in [-0.4, -0.2) is 37.2 Å². The zero-order valence-electron chi connectivity index (χ0n) is 39.9. The van der Waals surface area contributed by atoms with Crippen molar-refractivity contribution in [3.8, 4) is 0 Å². The Morgan fingerprint density at radius 2 is 0.738 bits per heavy atom. The first-order chi connectivity index (χ1) is 30.0. The Kier molecular flexibility index (Phi) is 46.9. The van der Waals surface area contributed by atoms with Gasteiger partial charge in [0.25, 0.3) is 0 Å². The average Bonchev–Trinajstić information content (AvgIpc) is 3.26. The first-order valence-corrected chi connectivity index (χ1v) is 25.5. The van der Waals surface area contributed by atoms with Crippen LogP contribution in [-0.2, 0) is 28.6 Å². The number of carbonyl (C=O) groups is 3. The molecule has 0 N–H and O–H groups in total. The summed E-state index contributed by atoms with van der Waals surface area (Å²) in [4.78, 5) is 37.9. The molecule has 0 radical (unpaired) electrons. The van der Waals surface area contributed by atoms with Gasteiger partial charge < -0.3 is 14.2 Å². The van der Waals surface area contributed by atoms with E-state index in [1.807, 2.05) is 42.5 Å². The predicted octanol–water partition coefficient (Wildman–Crippen LogP) is 16.6. The molecule has 6 heteroatoms. The second-order valence-electron chi connectivity index (χ2n) is 16.8. The van der Waals surface area contributed by atoms with Gasteiger partial charge in [0.05, 0.1) is 0 Å². The van der Waals surface area contributed by atoms with E-state index in [-0.39, 0.29) is 44.0 Å². The zero-order chi connectivity index (χ0) is 44.4. The number of esters is 3. The van der Waals surface area contributed by atoms with Crippen molar-refractivity contribution in [3.63, 3.8) is 0 Å². The van der Waals surface area contributed by atoms with E-state index in [1.165, 1.54) is 128 Å². The van der Waals surface area contributed by atoms with Gasteiger partial charge in [-0.2, -0.15) is 0 Å². The Labute approximate surface area is 376 Å². The molecule has 1 atom stereocenters. The van der Waals surface area contributed by atoms with Crippen molar-refractivity contribution < 1.29 is 28.6 Å². The van der Waals surface area contributed by atoms with Gasteiger partial charge in [-0.3, -0.25) is 14.4 Å². The Hall–Kier alpha value is -3.15. The highest BCUT2D eigenvalue weighted by Gasteiger charge is 2.19. The minimum Gasteiger partial charge on any atom is -0.462 e. The number of rotatable bonds is 45. The molecule has 0 bridgehead atoms. The summed E-state index contributed by atoms with van der Waals surface area (Å²) in [6, 6.07) is 0. The van der Waals surface area contributed by atoms with Crippen molar-refractivity contribution in [2.24, 2.45) is 0 Å². The minimum atomic E-state index is -0.815. The Balaban J connectivity index is 4.45. The molecule has 0 aliphatic heterocycles. The number of allylic oxidation sites excluding steroid dienone is 12. The van der Waals surface area contributed by atoms with Crippen LogP contribution in [0.15, 0.2) is 72.9 Å². The van der Waals surface area contributed by atoms with Crippen molar-refractivity contribution in [3.05, 3.63) is 72.9 Å². The lowest BCUT2D eigenvalue weighted by Crippen LogP contribution is -2.30. The molecule has 0 aliphatic rings. The fourth-order valence-corrected chi connectivity index (χ4v) is 6.98. The van der Waals surface area contributed by atoms with Gasteiger partial charge >= 0.3 is 17.9 Å². The van der Waals surface area contributed by atoms with Gasteiger partial charge in [-0.05, 0) is 57.8 Å². The third kappa shape index (κ3) is 47.7. The van der Waals surface area contributed by atoms with E-state index in [2.05, 4.69) is 51.2 Å². The first-order valence-electron chi connectivity index (χ1n) is 25.5. The molecule has 0 rings (SSSR count). The Morgan fingerprint density at radius 3 is 1.25 bits per heavy atom. The molecule has 1 unspecified atom stereocenters. The van der Waals surface area contributed by atoms with Crippen molar-refractivity contribution in [1.82, 2.24) is 0 Å². The lowest BCUT2D eigenvalue weighted by Gasteiger charge is -2.18. The van der Waals surface area contributed by atoms with Crippen molar-refractivity contribution >= 4 is 17.9 Å². The van der Waals surface area contributed by atoms with Gasteiger partial charge in [0, 0.05) is 19.3 Å². The van der Waals surface area contributed by atoms with Gasteiger partial charge in [-0.25, -0.2) is 0 Å². The van der Waals surface area contributed by atoms with Crippen LogP contribution < -0.4 is 0 Å². The molecule has 0 aromatic rings. The average molecular weight is 851 g/mol. The summed E-state index contributed by atoms with van der Waals surface area (Å²) in [6.45, 7) is 6.41. The number of ether oxygens (including phenoxy) is 3. The summed E-state index contributed by atoms with van der Waals surface area (Å²) in [7, 11) is 0. The number of unbranched alkanes of at least 4 members (excludes halogenated alkanes) is 25. The standard InChI is InChI=1S/C55H94O6/c1-4-7-10-13-16-19-22-25-26-27-28-31-33-36-39-42-45-48-54(57)60-51-52(61-55(58)49-46-43-40-37-34-30-24-21-18-15-12-9-6-3)50-59-53(56)47-44-41-38-35-32-29-23-20-17-14-11-8-5-2/h9,12,15,18,21,24,29-30,32,34,38,41,52H,4-8,10-11,13-14,16-17,19-20,22-23,25-28,31,33,35-37,39-40,42-51H2,1-3H3/b12-9-,18-15-,24-21-,32-29-,34-30-,41-38-. The third-order valence-electron chi connectivity index (χ3n) is 10.8. The topological polar surface area (TPSA) is 78.9 Å². The summed E-state index contributed by atoms with van der Waals surface area (Å²) < 4.78 is 16.7. The van der Waals surface area contributed by atoms with E-state index >= 15 is 0 Å². The smallest absolute Gasteiger partial charge is 0.306 e. The molecule has 0 aliphatic carbocycles. The minimum absolute atomic E-state index is 0.107. The van der Waals surface area contributed by atoms with E-state index in [9.17, 15) is 14.4 Å². The van der Waals surface area contributed by atoms with Crippen LogP contribution in [0.3, 0.4) is 0 Å². The molecule has 350 valence electrons. The highest BCUT2D eigenvalue weighted by Crippen LogP contribution is 2.15. The van der Waals surface area contributed by atoms with Crippen LogP contribution in [0.4, 0.5) is 0 Å². The monoisotopic (exact) mass is 851 g/mol. The fraction of sp³-hybridized carbons (Fsp3) is 0.727. The quantitative estimate of drug-likeness (QED) is 0.0200. The Bertz CT molecular complexity index is 1160. The molecule has 0 heterocycles. The molecule has 0 aromatic heterocycles. The van der Waals surface area contributed by atoms with Gasteiger partial charge in [-0.15, -0.1) is 0 Å². The van der Waals surface area contributed by atoms with E-state index in [1.54, 1.807) is 0 Å². The second-order valence-corrected chi connectivity index (χ2v) is 16.8. The highest BCUT2D eigenvalue weighted by molar-refractivity contribution is 5.71. The SMILES string of the molecule is CC\C=C/C=C\C=C/C=C\CCCCCC(=O)OC(COC(=O)CC/C=C\C/C=C\CCCCCCCC)COC(=O)CCCCCCCCCCCCCCCCCCC. The van der Waals surface area contributed by atoms with Crippen molar-refractivity contribution in [2.75, 3.05) is 13.2 Å². The Morgan fingerprint density at radius 1 is 0.361 bits per heavy atom. The summed E-state index contributed by atoms with van der Waals surface area (Å²) in [5, 5.41) is 0. The first kappa shape index (κ1) is 57.9. The summed E-state index contributed by atoms with van der Waals surface area (Å²) in [5.74, 6) is -1.02. The normalized spacial score (nSPS) is 12.6. The fourth-order valence-electron chi connectivity index (χ4n) is 6.98. The summed E-state index contributed by atoms with van der Waals surface area (Å²) >= 11 is 0. The van der Waals surface area contributed by atoms with E-state index in [4.69, 9.17) is 14.2 Å². The maximum absolute atomic E-state index is 12.7. The largest absolute Gasteiger partial charge is 0.462 e. The van der Waals surface area contributed by atoms with E-state index in [0.717, 1.165) is 57.8 Å². The lowest BCUT2D eigenvalue weighted by molar-refractivity contribution is -0.166. The molecular formula is C55H94O6. The van der Waals surface area contributed by atoms with Crippen LogP contribution in [0.25, 0.3) is 0 Å². The number of hydrogen-bond donors (Lipinski definition) is 0. The van der Waals surface area contributed by atoms with Crippen LogP contribution in [0, 0.1) is 0 Å². The zero-order valence-corrected chi connectivity index (χ0v) is 39.9. The molecule has 0 fully saturated rings. The molecule has 0 aromatic carbocycles. The maximum atomic E-state index is 12.7. The molecule has 61 heavy (non-hydrogen) atoms. The van der Waals surface area contributed by atoms with Crippen LogP contribution >= 0.6 is 0 Å². The highest BCUT2D eigenvalue weighted by atomic mass is 16.6. The van der Waals surface area contributed by atoms with Crippen LogP contribution in [0.1, 0.15) is 239 Å². The van der Waals surface area contributed by atoms with Gasteiger partial charge in [-0.1, -0.05) is 235 Å². The summed E-state index contributed by atoms with van der Waals surface area (Å²) in [5.41, 5.74) is 0. The third-order valence-corrected chi connectivity index (χ3v) is 10.8. The van der Waals surface area contributed by atoms with Crippen LogP contribution in [0.5, 0.6) is 0 Å². The predicted molar refractivity (Wildman–Crippen MR) is 261 cm³/mol.